The molecule has 6 rings (SSSR count). The van der Waals surface area contributed by atoms with Crippen LogP contribution in [-0.2, 0) is 19.6 Å². The Kier molecular flexibility index (Phi) is 7.41. The normalized spacial score (nSPS) is 21.0. The lowest BCUT2D eigenvalue weighted by molar-refractivity contribution is -0.129. The SMILES string of the molecule is CN1C=CN(S(C)(=O)=O)C2=C1C(=O)C1=C(C2)CN(C(=O)CCCCN=[N+]=[N-])C2=CN(c3ncc(F)cc3F)C3CCNC1=C23. The Labute approximate surface area is 252 Å². The van der Waals surface area contributed by atoms with E-state index in [1.165, 1.54) is 12.4 Å². The summed E-state index contributed by atoms with van der Waals surface area (Å²) in [4.78, 5) is 39.6. The lowest BCUT2D eigenvalue weighted by Gasteiger charge is -2.37. The van der Waals surface area contributed by atoms with Gasteiger partial charge in [-0.3, -0.25) is 9.59 Å². The van der Waals surface area contributed by atoms with Crippen molar-refractivity contribution in [1.29, 1.82) is 0 Å². The van der Waals surface area contributed by atoms with E-state index in [0.717, 1.165) is 22.8 Å². The number of anilines is 1. The van der Waals surface area contributed by atoms with Crippen molar-refractivity contribution in [3.63, 3.8) is 0 Å². The number of nitrogens with zero attached hydrogens (tertiary/aromatic N) is 8. The van der Waals surface area contributed by atoms with Crippen molar-refractivity contribution in [3.8, 4) is 0 Å². The first kappa shape index (κ1) is 29.4. The maximum absolute atomic E-state index is 15.0. The summed E-state index contributed by atoms with van der Waals surface area (Å²) in [5.74, 6) is -2.47. The van der Waals surface area contributed by atoms with Crippen molar-refractivity contribution in [3.05, 3.63) is 92.4 Å². The largest absolute Gasteiger partial charge is 0.384 e. The number of ketones is 1. The predicted octanol–water partition coefficient (Wildman–Crippen LogP) is 3.12. The zero-order valence-electron chi connectivity index (χ0n) is 24.0. The molecule has 0 saturated carbocycles. The molecule has 0 fully saturated rings. The molecule has 0 saturated heterocycles. The number of unbranched alkanes of at least 4 members (excludes halogenated alkanes) is 1. The van der Waals surface area contributed by atoms with Gasteiger partial charge in [-0.1, -0.05) is 5.11 Å². The second kappa shape index (κ2) is 11.1. The van der Waals surface area contributed by atoms with Crippen molar-refractivity contribution >= 4 is 27.5 Å². The van der Waals surface area contributed by atoms with Crippen LogP contribution in [0.5, 0.6) is 0 Å². The van der Waals surface area contributed by atoms with Crippen LogP contribution in [0.2, 0.25) is 0 Å². The number of amides is 1. The molecule has 1 amide bonds. The van der Waals surface area contributed by atoms with Gasteiger partial charge in [0, 0.05) is 80.2 Å². The molecule has 1 atom stereocenters. The maximum atomic E-state index is 15.0. The molecule has 0 radical (unpaired) electrons. The minimum atomic E-state index is -3.76. The molecule has 1 aliphatic carbocycles. The number of Topliss-reactive ketones (excluding diaryl/α,β-unsaturated/α-hetero) is 1. The minimum absolute atomic E-state index is 0.0154. The Bertz CT molecular complexity index is 1790. The molecular weight excluding hydrogens is 596 g/mol. The average Bonchev–Trinajstić information content (AvgIpc) is 3.27. The lowest BCUT2D eigenvalue weighted by Crippen LogP contribution is -2.42. The molecule has 0 bridgehead atoms. The number of aromatic nitrogens is 1. The summed E-state index contributed by atoms with van der Waals surface area (Å²) >= 11 is 0. The Morgan fingerprint density at radius 1 is 1.27 bits per heavy atom. The average molecular weight is 626 g/mol. The van der Waals surface area contributed by atoms with Gasteiger partial charge in [-0.05, 0) is 30.4 Å². The van der Waals surface area contributed by atoms with E-state index in [-0.39, 0.29) is 43.4 Å². The van der Waals surface area contributed by atoms with Crippen LogP contribution in [0.15, 0.2) is 75.5 Å². The molecular formula is C28H29F2N9O4S. The Balaban J connectivity index is 1.48. The summed E-state index contributed by atoms with van der Waals surface area (Å²) in [5, 5.41) is 6.87. The number of allylic oxidation sites excluding steroid dienone is 3. The molecule has 1 unspecified atom stereocenters. The quantitative estimate of drug-likeness (QED) is 0.210. The molecule has 5 heterocycles. The summed E-state index contributed by atoms with van der Waals surface area (Å²) in [6, 6.07) is 0.234. The van der Waals surface area contributed by atoms with Gasteiger partial charge in [0.25, 0.3) is 0 Å². The molecule has 4 aliphatic heterocycles. The van der Waals surface area contributed by atoms with Gasteiger partial charge in [0.05, 0.1) is 35.6 Å². The molecule has 0 aromatic carbocycles. The number of hydrogen-bond acceptors (Lipinski definition) is 9. The van der Waals surface area contributed by atoms with Gasteiger partial charge in [-0.25, -0.2) is 26.5 Å². The zero-order chi connectivity index (χ0) is 31.3. The standard InChI is InChI=1S/C28H29F2N9O4S/c1-36-9-10-39(44(2,42)43)20-11-16-14-37(22(40)5-3-4-7-34-35-31)21-15-38(28-18(30)12-17(29)13-33-28)19-6-8-32-25(24(19)21)23(16)27(41)26(20)36/h9-10,12-13,15,19,32H,3-8,11,14H2,1-2H3. The summed E-state index contributed by atoms with van der Waals surface area (Å²) in [6.07, 6.45) is 8.09. The number of sulfonamides is 1. The van der Waals surface area contributed by atoms with Crippen LogP contribution in [0.4, 0.5) is 14.6 Å². The van der Waals surface area contributed by atoms with Crippen LogP contribution in [0.3, 0.4) is 0 Å². The van der Waals surface area contributed by atoms with Gasteiger partial charge in [-0.15, -0.1) is 0 Å². The predicted molar refractivity (Wildman–Crippen MR) is 155 cm³/mol. The number of likely N-dealkylation sites (N-methyl/N-ethyl adjacent to an activating group) is 1. The smallest absolute Gasteiger partial charge is 0.235 e. The van der Waals surface area contributed by atoms with Crippen LogP contribution in [-0.4, -0.2) is 78.2 Å². The fourth-order valence-corrected chi connectivity index (χ4v) is 7.21. The topological polar surface area (TPSA) is 155 Å². The molecule has 1 N–H and O–H groups in total. The van der Waals surface area contributed by atoms with Crippen LogP contribution in [0.25, 0.3) is 10.4 Å². The van der Waals surface area contributed by atoms with Crippen LogP contribution in [0.1, 0.15) is 32.1 Å². The van der Waals surface area contributed by atoms with E-state index in [1.54, 1.807) is 27.9 Å². The summed E-state index contributed by atoms with van der Waals surface area (Å²) < 4.78 is 55.3. The van der Waals surface area contributed by atoms with E-state index in [0.29, 0.717) is 59.6 Å². The van der Waals surface area contributed by atoms with E-state index < -0.39 is 33.5 Å². The summed E-state index contributed by atoms with van der Waals surface area (Å²) in [5.41, 5.74) is 11.5. The van der Waals surface area contributed by atoms with E-state index in [2.05, 4.69) is 20.3 Å². The maximum Gasteiger partial charge on any atom is 0.235 e. The second-order valence-corrected chi connectivity index (χ2v) is 12.9. The molecule has 5 aliphatic rings. The van der Waals surface area contributed by atoms with Crippen molar-refractivity contribution in [2.24, 2.45) is 5.11 Å². The van der Waals surface area contributed by atoms with Gasteiger partial charge in [0.1, 0.15) is 11.5 Å². The number of azide groups is 1. The number of halogens is 2. The molecule has 16 heteroatoms. The fourth-order valence-electron chi connectivity index (χ4n) is 6.38. The highest BCUT2D eigenvalue weighted by molar-refractivity contribution is 7.88. The lowest BCUT2D eigenvalue weighted by atomic mass is 9.85. The van der Waals surface area contributed by atoms with E-state index in [1.807, 2.05) is 0 Å². The van der Waals surface area contributed by atoms with Crippen molar-refractivity contribution < 1.29 is 26.8 Å². The highest BCUT2D eigenvalue weighted by Gasteiger charge is 2.47. The Morgan fingerprint density at radius 2 is 2.07 bits per heavy atom. The number of hydrogen-bond donors (Lipinski definition) is 1. The fraction of sp³-hybridized carbons (Fsp3) is 0.393. The van der Waals surface area contributed by atoms with Crippen LogP contribution < -0.4 is 10.2 Å². The summed E-state index contributed by atoms with van der Waals surface area (Å²) in [7, 11) is -2.09. The molecule has 1 aromatic rings. The first-order chi connectivity index (χ1) is 21.0. The van der Waals surface area contributed by atoms with Crippen LogP contribution in [0, 0.1) is 11.6 Å². The summed E-state index contributed by atoms with van der Waals surface area (Å²) in [6.45, 7) is 0.636. The number of fused-ring (bicyclic) bond motifs is 1. The van der Waals surface area contributed by atoms with Gasteiger partial charge >= 0.3 is 0 Å². The molecule has 230 valence electrons. The third-order valence-corrected chi connectivity index (χ3v) is 9.29. The monoisotopic (exact) mass is 625 g/mol. The Hall–Kier alpha value is -4.69. The third kappa shape index (κ3) is 4.89. The molecule has 13 nitrogen and oxygen atoms in total. The van der Waals surface area contributed by atoms with Crippen molar-refractivity contribution in [2.45, 2.75) is 38.1 Å². The molecule has 1 aromatic heterocycles. The van der Waals surface area contributed by atoms with Crippen LogP contribution >= 0.6 is 0 Å². The van der Waals surface area contributed by atoms with Gasteiger partial charge in [-0.2, -0.15) is 0 Å². The first-order valence-electron chi connectivity index (χ1n) is 14.0. The van der Waals surface area contributed by atoms with E-state index in [4.69, 9.17) is 5.53 Å². The zero-order valence-corrected chi connectivity index (χ0v) is 24.8. The highest BCUT2D eigenvalue weighted by atomic mass is 32.2. The highest BCUT2D eigenvalue weighted by Crippen LogP contribution is 2.47. The van der Waals surface area contributed by atoms with Gasteiger partial charge in [0.15, 0.2) is 11.6 Å². The number of pyridine rings is 1. The number of rotatable bonds is 7. The third-order valence-electron chi connectivity index (χ3n) is 8.23. The van der Waals surface area contributed by atoms with E-state index in [9.17, 15) is 22.4 Å². The number of nitrogens with one attached hydrogen (secondary N) is 1. The Morgan fingerprint density at radius 3 is 2.80 bits per heavy atom. The minimum Gasteiger partial charge on any atom is -0.384 e. The first-order valence-corrected chi connectivity index (χ1v) is 15.9. The van der Waals surface area contributed by atoms with E-state index >= 15 is 4.39 Å². The van der Waals surface area contributed by atoms with Gasteiger partial charge < -0.3 is 20.0 Å². The van der Waals surface area contributed by atoms with Crippen molar-refractivity contribution in [2.75, 3.05) is 37.8 Å². The van der Waals surface area contributed by atoms with Crippen molar-refractivity contribution in [1.82, 2.24) is 24.4 Å². The van der Waals surface area contributed by atoms with Gasteiger partial charge in [0.2, 0.25) is 21.7 Å². The second-order valence-electron chi connectivity index (χ2n) is 11.0. The molecule has 44 heavy (non-hydrogen) atoms. The number of carbonyl (C=O) groups excluding carboxylic acids is 2. The molecule has 0 spiro atoms. The number of carbonyl (C=O) groups is 2.